The Bertz CT molecular complexity index is 1090. The molecule has 2 aliphatic rings. The second-order valence-corrected chi connectivity index (χ2v) is 8.65. The molecule has 0 unspecified atom stereocenters. The van der Waals surface area contributed by atoms with E-state index in [0.29, 0.717) is 31.2 Å². The van der Waals surface area contributed by atoms with Gasteiger partial charge in [-0.25, -0.2) is 14.8 Å². The van der Waals surface area contributed by atoms with Gasteiger partial charge in [0, 0.05) is 31.9 Å². The van der Waals surface area contributed by atoms with E-state index in [-0.39, 0.29) is 12.5 Å². The summed E-state index contributed by atoms with van der Waals surface area (Å²) in [4.78, 5) is 40.6. The lowest BCUT2D eigenvalue weighted by atomic mass is 10.1. The Kier molecular flexibility index (Phi) is 7.30. The van der Waals surface area contributed by atoms with Gasteiger partial charge in [-0.15, -0.1) is 0 Å². The molecule has 180 valence electrons. The standard InChI is InChI=1S/C25H32N6O3/c1-3-7-20-19(4-2)28-24(29-20)21(16-22(32)33)31-15-14-30(25(31)34)13-6-9-18-11-10-17-8-5-12-26-23(17)27-18/h3-4,7,10-11,21H,2,5-6,8-9,12-16H2,1H3,(H,26,27)(H,28,29)(H,32,33)/b7-3-/t21-/m0/s1. The first-order valence-corrected chi connectivity index (χ1v) is 11.8. The number of aromatic amines is 1. The molecule has 1 saturated heterocycles. The van der Waals surface area contributed by atoms with Crippen molar-refractivity contribution in [2.75, 3.05) is 31.5 Å². The fraction of sp³-hybridized carbons (Fsp3) is 0.440. The summed E-state index contributed by atoms with van der Waals surface area (Å²) in [6.07, 6.45) is 8.90. The second-order valence-electron chi connectivity index (χ2n) is 8.65. The number of fused-ring (bicyclic) bond motifs is 1. The maximum absolute atomic E-state index is 13.2. The number of allylic oxidation sites excluding steroid dienone is 1. The van der Waals surface area contributed by atoms with E-state index in [1.54, 1.807) is 15.9 Å². The third kappa shape index (κ3) is 5.13. The normalized spacial score (nSPS) is 16.6. The van der Waals surface area contributed by atoms with Gasteiger partial charge in [-0.1, -0.05) is 18.7 Å². The minimum atomic E-state index is -0.979. The second kappa shape index (κ2) is 10.5. The highest BCUT2D eigenvalue weighted by Gasteiger charge is 2.37. The number of hydrogen-bond donors (Lipinski definition) is 3. The molecule has 0 spiro atoms. The average molecular weight is 465 g/mol. The molecular formula is C25H32N6O3. The molecule has 2 aromatic rings. The van der Waals surface area contributed by atoms with Gasteiger partial charge in [0.1, 0.15) is 17.7 Å². The van der Waals surface area contributed by atoms with Gasteiger partial charge in [0.2, 0.25) is 0 Å². The summed E-state index contributed by atoms with van der Waals surface area (Å²) in [5.74, 6) is 0.470. The highest BCUT2D eigenvalue weighted by atomic mass is 16.4. The Balaban J connectivity index is 1.41. The molecule has 0 bridgehead atoms. The Morgan fingerprint density at radius 1 is 1.32 bits per heavy atom. The van der Waals surface area contributed by atoms with Gasteiger partial charge in [-0.3, -0.25) is 4.79 Å². The van der Waals surface area contributed by atoms with Gasteiger partial charge < -0.3 is 25.2 Å². The number of carbonyl (C=O) groups is 2. The minimum Gasteiger partial charge on any atom is -0.481 e. The molecule has 9 nitrogen and oxygen atoms in total. The van der Waals surface area contributed by atoms with E-state index in [0.717, 1.165) is 49.4 Å². The van der Waals surface area contributed by atoms with Crippen molar-refractivity contribution in [1.82, 2.24) is 24.8 Å². The number of aliphatic carboxylic acids is 1. The minimum absolute atomic E-state index is 0.157. The van der Waals surface area contributed by atoms with Crippen molar-refractivity contribution in [2.24, 2.45) is 0 Å². The van der Waals surface area contributed by atoms with Crippen molar-refractivity contribution in [3.05, 3.63) is 53.3 Å². The van der Waals surface area contributed by atoms with Crippen LogP contribution in [-0.4, -0.2) is 68.0 Å². The first kappa shape index (κ1) is 23.5. The highest BCUT2D eigenvalue weighted by molar-refractivity contribution is 5.78. The predicted molar refractivity (Wildman–Crippen MR) is 131 cm³/mol. The van der Waals surface area contributed by atoms with E-state index >= 15 is 0 Å². The molecule has 9 heteroatoms. The lowest BCUT2D eigenvalue weighted by Crippen LogP contribution is -2.36. The van der Waals surface area contributed by atoms with Gasteiger partial charge in [-0.05, 0) is 56.4 Å². The number of aromatic nitrogens is 3. The number of imidazole rings is 1. The van der Waals surface area contributed by atoms with Crippen molar-refractivity contribution < 1.29 is 14.7 Å². The SMILES string of the molecule is C=Cc1nc([C@H](CC(=O)O)N2CCN(CCCc3ccc4c(n3)NCCC4)C2=O)[nH]c1/C=C\C. The average Bonchev–Trinajstić information content (AvgIpc) is 3.41. The molecule has 0 aliphatic carbocycles. The zero-order valence-corrected chi connectivity index (χ0v) is 19.6. The van der Waals surface area contributed by atoms with Crippen LogP contribution in [0.4, 0.5) is 10.6 Å². The predicted octanol–water partition coefficient (Wildman–Crippen LogP) is 3.73. The highest BCUT2D eigenvalue weighted by Crippen LogP contribution is 2.28. The number of H-pyrrole nitrogens is 1. The number of nitrogens with one attached hydrogen (secondary N) is 2. The number of amides is 2. The number of carboxylic acids is 1. The fourth-order valence-electron chi connectivity index (χ4n) is 4.60. The van der Waals surface area contributed by atoms with E-state index in [2.05, 4.69) is 34.0 Å². The zero-order chi connectivity index (χ0) is 24.1. The molecule has 34 heavy (non-hydrogen) atoms. The quantitative estimate of drug-likeness (QED) is 0.494. The van der Waals surface area contributed by atoms with Crippen LogP contribution in [-0.2, 0) is 17.6 Å². The van der Waals surface area contributed by atoms with E-state index in [9.17, 15) is 14.7 Å². The topological polar surface area (TPSA) is 114 Å². The van der Waals surface area contributed by atoms with Gasteiger partial charge in [-0.2, -0.15) is 0 Å². The molecule has 2 aliphatic heterocycles. The Labute approximate surface area is 199 Å². The largest absolute Gasteiger partial charge is 0.481 e. The number of aryl methyl sites for hydroxylation is 2. The van der Waals surface area contributed by atoms with Crippen molar-refractivity contribution in [2.45, 2.75) is 45.1 Å². The Morgan fingerprint density at radius 2 is 2.18 bits per heavy atom. The number of pyridine rings is 1. The third-order valence-electron chi connectivity index (χ3n) is 6.31. The summed E-state index contributed by atoms with van der Waals surface area (Å²) < 4.78 is 0. The first-order chi connectivity index (χ1) is 16.5. The van der Waals surface area contributed by atoms with Crippen molar-refractivity contribution in [3.8, 4) is 0 Å². The number of hydrogen-bond acceptors (Lipinski definition) is 5. The van der Waals surface area contributed by atoms with Crippen LogP contribution in [0.25, 0.3) is 12.2 Å². The van der Waals surface area contributed by atoms with Crippen LogP contribution in [0.5, 0.6) is 0 Å². The number of carbonyl (C=O) groups excluding carboxylic acids is 1. The Hall–Kier alpha value is -3.62. The maximum Gasteiger partial charge on any atom is 0.320 e. The first-order valence-electron chi connectivity index (χ1n) is 11.8. The van der Waals surface area contributed by atoms with Gasteiger partial charge >= 0.3 is 12.0 Å². The van der Waals surface area contributed by atoms with E-state index in [4.69, 9.17) is 4.98 Å². The van der Waals surface area contributed by atoms with Crippen LogP contribution in [0.3, 0.4) is 0 Å². The van der Waals surface area contributed by atoms with Gasteiger partial charge in [0.25, 0.3) is 0 Å². The maximum atomic E-state index is 13.2. The van der Waals surface area contributed by atoms with E-state index < -0.39 is 12.0 Å². The molecule has 4 heterocycles. The molecule has 3 N–H and O–H groups in total. The molecule has 0 radical (unpaired) electrons. The van der Waals surface area contributed by atoms with Crippen LogP contribution in [0, 0.1) is 0 Å². The molecule has 0 aromatic carbocycles. The van der Waals surface area contributed by atoms with Crippen LogP contribution in [0.1, 0.15) is 60.7 Å². The lowest BCUT2D eigenvalue weighted by molar-refractivity contribution is -0.138. The van der Waals surface area contributed by atoms with Gasteiger partial charge in [0.15, 0.2) is 0 Å². The number of carboxylic acid groups (broad SMARTS) is 1. The molecule has 2 amide bonds. The third-order valence-corrected chi connectivity index (χ3v) is 6.31. The van der Waals surface area contributed by atoms with Crippen molar-refractivity contribution >= 4 is 30.0 Å². The summed E-state index contributed by atoms with van der Waals surface area (Å²) in [6, 6.07) is 3.39. The summed E-state index contributed by atoms with van der Waals surface area (Å²) in [6.45, 7) is 8.25. The van der Waals surface area contributed by atoms with Gasteiger partial charge in [0.05, 0.1) is 17.8 Å². The molecule has 0 saturated carbocycles. The van der Waals surface area contributed by atoms with Crippen LogP contribution in [0.15, 0.2) is 24.8 Å². The summed E-state index contributed by atoms with van der Waals surface area (Å²) in [5, 5.41) is 12.9. The molecule has 4 rings (SSSR count). The monoisotopic (exact) mass is 464 g/mol. The lowest BCUT2D eigenvalue weighted by Gasteiger charge is -2.25. The summed E-state index contributed by atoms with van der Waals surface area (Å²) >= 11 is 0. The van der Waals surface area contributed by atoms with Crippen LogP contribution < -0.4 is 5.32 Å². The summed E-state index contributed by atoms with van der Waals surface area (Å²) in [5.41, 5.74) is 3.67. The van der Waals surface area contributed by atoms with Crippen LogP contribution in [0.2, 0.25) is 0 Å². The van der Waals surface area contributed by atoms with Crippen LogP contribution >= 0.6 is 0 Å². The molecular weight excluding hydrogens is 432 g/mol. The smallest absolute Gasteiger partial charge is 0.320 e. The molecule has 1 atom stereocenters. The van der Waals surface area contributed by atoms with Crippen molar-refractivity contribution in [3.63, 3.8) is 0 Å². The Morgan fingerprint density at radius 3 is 2.94 bits per heavy atom. The number of urea groups is 1. The number of nitrogens with zero attached hydrogens (tertiary/aromatic N) is 4. The zero-order valence-electron chi connectivity index (χ0n) is 19.6. The summed E-state index contributed by atoms with van der Waals surface area (Å²) in [7, 11) is 0. The molecule has 1 fully saturated rings. The van der Waals surface area contributed by atoms with E-state index in [1.165, 1.54) is 5.56 Å². The number of anilines is 1. The van der Waals surface area contributed by atoms with E-state index in [1.807, 2.05) is 19.1 Å². The fourth-order valence-corrected chi connectivity index (χ4v) is 4.60. The molecule has 2 aromatic heterocycles. The number of rotatable bonds is 10. The van der Waals surface area contributed by atoms with Crippen molar-refractivity contribution in [1.29, 1.82) is 0 Å².